The van der Waals surface area contributed by atoms with Crippen LogP contribution in [0.2, 0.25) is 0 Å². The summed E-state index contributed by atoms with van der Waals surface area (Å²) in [6, 6.07) is 5.61. The molecule has 1 aromatic rings. The van der Waals surface area contributed by atoms with E-state index in [-0.39, 0.29) is 12.0 Å². The van der Waals surface area contributed by atoms with Crippen LogP contribution in [-0.4, -0.2) is 18.6 Å². The number of benzene rings is 1. The van der Waals surface area contributed by atoms with Crippen molar-refractivity contribution >= 4 is 27.5 Å². The molecule has 4 saturated carbocycles. The van der Waals surface area contributed by atoms with Gasteiger partial charge < -0.3 is 4.90 Å². The molecule has 6 heteroatoms. The SMILES string of the molecule is CCN(C(=O)C(F)(F)F)c1ccc(C23CC4CC(CC(C4)C2)C3)cc1Br. The highest BCUT2D eigenvalue weighted by Crippen LogP contribution is 2.61. The van der Waals surface area contributed by atoms with Gasteiger partial charge in [-0.05, 0) is 102 Å². The predicted molar refractivity (Wildman–Crippen MR) is 98.1 cm³/mol. The Kier molecular flexibility index (Phi) is 4.41. The van der Waals surface area contributed by atoms with Crippen molar-refractivity contribution in [2.75, 3.05) is 11.4 Å². The van der Waals surface area contributed by atoms with Crippen molar-refractivity contribution in [1.82, 2.24) is 0 Å². The molecular weight excluding hydrogens is 407 g/mol. The van der Waals surface area contributed by atoms with Gasteiger partial charge >= 0.3 is 12.1 Å². The van der Waals surface area contributed by atoms with Gasteiger partial charge in [-0.3, -0.25) is 4.79 Å². The van der Waals surface area contributed by atoms with E-state index in [0.717, 1.165) is 22.7 Å². The van der Waals surface area contributed by atoms with Crippen LogP contribution in [0.5, 0.6) is 0 Å². The fourth-order valence-electron chi connectivity index (χ4n) is 6.10. The van der Waals surface area contributed by atoms with E-state index in [2.05, 4.69) is 15.9 Å². The van der Waals surface area contributed by atoms with E-state index in [1.165, 1.54) is 44.1 Å². The summed E-state index contributed by atoms with van der Waals surface area (Å²) >= 11 is 3.44. The molecule has 0 spiro atoms. The molecule has 4 aliphatic rings. The molecule has 1 aromatic carbocycles. The number of rotatable bonds is 3. The van der Waals surface area contributed by atoms with Crippen LogP contribution in [0.15, 0.2) is 22.7 Å². The maximum Gasteiger partial charge on any atom is 0.471 e. The summed E-state index contributed by atoms with van der Waals surface area (Å²) in [7, 11) is 0. The van der Waals surface area contributed by atoms with Gasteiger partial charge in [-0.15, -0.1) is 0 Å². The number of hydrogen-bond donors (Lipinski definition) is 0. The largest absolute Gasteiger partial charge is 0.471 e. The van der Waals surface area contributed by atoms with Gasteiger partial charge in [0, 0.05) is 11.0 Å². The van der Waals surface area contributed by atoms with E-state index in [0.29, 0.717) is 10.2 Å². The van der Waals surface area contributed by atoms with Crippen molar-refractivity contribution in [2.45, 2.75) is 57.0 Å². The number of alkyl halides is 3. The number of amides is 1. The molecule has 0 heterocycles. The maximum absolute atomic E-state index is 12.9. The molecule has 0 atom stereocenters. The molecule has 4 aliphatic carbocycles. The summed E-state index contributed by atoms with van der Waals surface area (Å²) in [6.45, 7) is 1.54. The minimum Gasteiger partial charge on any atom is -0.304 e. The fourth-order valence-corrected chi connectivity index (χ4v) is 6.69. The zero-order valence-electron chi connectivity index (χ0n) is 14.8. The van der Waals surface area contributed by atoms with E-state index in [9.17, 15) is 18.0 Å². The number of nitrogens with zero attached hydrogens (tertiary/aromatic N) is 1. The average Bonchev–Trinajstić information content (AvgIpc) is 2.54. The van der Waals surface area contributed by atoms with Gasteiger partial charge in [-0.2, -0.15) is 13.2 Å². The van der Waals surface area contributed by atoms with Gasteiger partial charge in [-0.25, -0.2) is 0 Å². The Morgan fingerprint density at radius 2 is 1.69 bits per heavy atom. The van der Waals surface area contributed by atoms with Gasteiger partial charge in [0.15, 0.2) is 0 Å². The topological polar surface area (TPSA) is 20.3 Å². The van der Waals surface area contributed by atoms with E-state index >= 15 is 0 Å². The van der Waals surface area contributed by atoms with Crippen molar-refractivity contribution in [3.8, 4) is 0 Å². The summed E-state index contributed by atoms with van der Waals surface area (Å²) in [5.74, 6) is 0.596. The Morgan fingerprint density at radius 3 is 2.12 bits per heavy atom. The summed E-state index contributed by atoms with van der Waals surface area (Å²) in [5, 5.41) is 0. The molecule has 0 unspecified atom stereocenters. The van der Waals surface area contributed by atoms with Crippen LogP contribution < -0.4 is 4.90 Å². The normalized spacial score (nSPS) is 32.7. The van der Waals surface area contributed by atoms with Crippen molar-refractivity contribution in [1.29, 1.82) is 0 Å². The van der Waals surface area contributed by atoms with Crippen LogP contribution in [-0.2, 0) is 10.2 Å². The Morgan fingerprint density at radius 1 is 1.15 bits per heavy atom. The highest BCUT2D eigenvalue weighted by atomic mass is 79.9. The third-order valence-electron chi connectivity index (χ3n) is 6.69. The first kappa shape index (κ1) is 18.3. The monoisotopic (exact) mass is 429 g/mol. The number of halogens is 4. The van der Waals surface area contributed by atoms with Crippen molar-refractivity contribution in [3.63, 3.8) is 0 Å². The van der Waals surface area contributed by atoms with Crippen LogP contribution in [0.25, 0.3) is 0 Å². The first-order chi connectivity index (χ1) is 12.2. The zero-order chi connectivity index (χ0) is 18.7. The molecule has 0 saturated heterocycles. The zero-order valence-corrected chi connectivity index (χ0v) is 16.4. The minimum absolute atomic E-state index is 0.0202. The first-order valence-corrected chi connectivity index (χ1v) is 10.2. The highest BCUT2D eigenvalue weighted by molar-refractivity contribution is 9.10. The molecule has 0 aromatic heterocycles. The number of hydrogen-bond acceptors (Lipinski definition) is 1. The Bertz CT molecular complexity index is 695. The number of carbonyl (C=O) groups is 1. The third kappa shape index (κ3) is 2.98. The van der Waals surface area contributed by atoms with Gasteiger partial charge in [0.25, 0.3) is 0 Å². The highest BCUT2D eigenvalue weighted by Gasteiger charge is 2.51. The van der Waals surface area contributed by atoms with E-state index in [1.807, 2.05) is 12.1 Å². The molecule has 2 nitrogen and oxygen atoms in total. The molecular formula is C20H23BrF3NO. The van der Waals surface area contributed by atoms with Crippen molar-refractivity contribution in [2.24, 2.45) is 17.8 Å². The molecule has 4 fully saturated rings. The molecule has 0 radical (unpaired) electrons. The molecule has 4 bridgehead atoms. The number of anilines is 1. The van der Waals surface area contributed by atoms with Crippen LogP contribution in [0, 0.1) is 17.8 Å². The second kappa shape index (κ2) is 6.25. The summed E-state index contributed by atoms with van der Waals surface area (Å²) in [6.07, 6.45) is 2.78. The summed E-state index contributed by atoms with van der Waals surface area (Å²) in [5.41, 5.74) is 1.70. The minimum atomic E-state index is -4.87. The second-order valence-corrected chi connectivity index (χ2v) is 9.27. The Hall–Kier alpha value is -1.04. The lowest BCUT2D eigenvalue weighted by molar-refractivity contribution is -0.170. The van der Waals surface area contributed by atoms with Crippen LogP contribution in [0.1, 0.15) is 51.0 Å². The molecule has 1 amide bonds. The molecule has 26 heavy (non-hydrogen) atoms. The van der Waals surface area contributed by atoms with Gasteiger partial charge in [0.05, 0.1) is 5.69 Å². The van der Waals surface area contributed by atoms with Crippen molar-refractivity contribution in [3.05, 3.63) is 28.2 Å². The third-order valence-corrected chi connectivity index (χ3v) is 7.33. The number of carbonyl (C=O) groups excluding carboxylic acids is 1. The van der Waals surface area contributed by atoms with Crippen molar-refractivity contribution < 1.29 is 18.0 Å². The summed E-state index contributed by atoms with van der Waals surface area (Å²) < 4.78 is 39.2. The lowest BCUT2D eigenvalue weighted by atomic mass is 9.48. The van der Waals surface area contributed by atoms with Crippen LogP contribution in [0.4, 0.5) is 18.9 Å². The molecule has 0 aliphatic heterocycles. The first-order valence-electron chi connectivity index (χ1n) is 9.40. The molecule has 5 rings (SSSR count). The molecule has 0 N–H and O–H groups in total. The van der Waals surface area contributed by atoms with Gasteiger partial charge in [0.1, 0.15) is 0 Å². The van der Waals surface area contributed by atoms with E-state index in [4.69, 9.17) is 0 Å². The summed E-state index contributed by atoms with van der Waals surface area (Å²) in [4.78, 5) is 12.5. The fraction of sp³-hybridized carbons (Fsp3) is 0.650. The van der Waals surface area contributed by atoms with Crippen LogP contribution >= 0.6 is 15.9 Å². The van der Waals surface area contributed by atoms with Crippen LogP contribution in [0.3, 0.4) is 0 Å². The predicted octanol–water partition coefficient (Wildman–Crippen LogP) is 5.83. The van der Waals surface area contributed by atoms with E-state index < -0.39 is 12.1 Å². The van der Waals surface area contributed by atoms with Gasteiger partial charge in [-0.1, -0.05) is 6.07 Å². The second-order valence-electron chi connectivity index (χ2n) is 8.41. The smallest absolute Gasteiger partial charge is 0.304 e. The lowest BCUT2D eigenvalue weighted by Gasteiger charge is -2.57. The lowest BCUT2D eigenvalue weighted by Crippen LogP contribution is -2.48. The van der Waals surface area contributed by atoms with E-state index in [1.54, 1.807) is 13.0 Å². The molecule has 142 valence electrons. The quantitative estimate of drug-likeness (QED) is 0.591. The maximum atomic E-state index is 12.9. The van der Waals surface area contributed by atoms with Gasteiger partial charge in [0.2, 0.25) is 0 Å². The Labute approximate surface area is 160 Å². The Balaban J connectivity index is 1.65. The average molecular weight is 430 g/mol. The standard InChI is InChI=1S/C20H23BrF3NO/c1-2-25(18(26)20(22,23)24)17-4-3-15(8-16(17)21)19-9-12-5-13(10-19)7-14(6-12)11-19/h3-4,8,12-14H,2,5-7,9-11H2,1H3.